The zero-order valence-corrected chi connectivity index (χ0v) is 14.9. The molecule has 2 aromatic carbocycles. The molecule has 0 spiro atoms. The van der Waals surface area contributed by atoms with E-state index in [1.54, 1.807) is 6.20 Å². The van der Waals surface area contributed by atoms with Crippen LogP contribution < -0.4 is 10.6 Å². The minimum Gasteiger partial charge on any atom is -0.346 e. The van der Waals surface area contributed by atoms with Crippen molar-refractivity contribution in [3.8, 4) is 11.3 Å². The topological polar surface area (TPSA) is 86.9 Å². The first-order chi connectivity index (χ1) is 13.1. The number of H-pyrrole nitrogens is 1. The minimum atomic E-state index is -0.454. The number of carbonyl (C=O) groups is 2. The van der Waals surface area contributed by atoms with Crippen molar-refractivity contribution < 1.29 is 9.59 Å². The monoisotopic (exact) mass is 360 g/mol. The number of rotatable bonds is 5. The van der Waals surface area contributed by atoms with Gasteiger partial charge in [-0.05, 0) is 24.1 Å². The van der Waals surface area contributed by atoms with Crippen molar-refractivity contribution in [1.29, 1.82) is 0 Å². The van der Waals surface area contributed by atoms with Crippen LogP contribution in [0.3, 0.4) is 0 Å². The van der Waals surface area contributed by atoms with Crippen LogP contribution in [0.4, 0.5) is 5.69 Å². The molecule has 2 heterocycles. The Morgan fingerprint density at radius 2 is 1.89 bits per heavy atom. The van der Waals surface area contributed by atoms with Gasteiger partial charge in [-0.1, -0.05) is 48.5 Å². The normalized spacial score (nSPS) is 16.5. The second kappa shape index (κ2) is 7.07. The average molecular weight is 360 g/mol. The number of nitrogens with one attached hydrogen (secondary N) is 3. The van der Waals surface area contributed by atoms with Gasteiger partial charge in [0, 0.05) is 12.1 Å². The van der Waals surface area contributed by atoms with Crippen molar-refractivity contribution >= 4 is 17.5 Å². The minimum absolute atomic E-state index is 0.111. The summed E-state index contributed by atoms with van der Waals surface area (Å²) < 4.78 is 0. The molecule has 1 aliphatic heterocycles. The molecule has 0 aliphatic carbocycles. The van der Waals surface area contributed by atoms with Crippen LogP contribution >= 0.6 is 0 Å². The van der Waals surface area contributed by atoms with Crippen molar-refractivity contribution in [3.05, 3.63) is 72.2 Å². The van der Waals surface area contributed by atoms with Crippen LogP contribution in [0.25, 0.3) is 11.3 Å². The van der Waals surface area contributed by atoms with Gasteiger partial charge in [0.15, 0.2) is 0 Å². The van der Waals surface area contributed by atoms with E-state index in [-0.39, 0.29) is 24.3 Å². The SMILES string of the molecule is C[C@@H](NC(=O)C[C@H]1C(=O)Nc2ccccc21)c1ncc(-c2ccccc2)[nH]1. The predicted octanol–water partition coefficient (Wildman–Crippen LogP) is 3.38. The molecule has 0 radical (unpaired) electrons. The van der Waals surface area contributed by atoms with Gasteiger partial charge in [0.05, 0.1) is 23.9 Å². The number of aromatic nitrogens is 2. The largest absolute Gasteiger partial charge is 0.346 e. The van der Waals surface area contributed by atoms with E-state index in [2.05, 4.69) is 20.6 Å². The van der Waals surface area contributed by atoms with Gasteiger partial charge < -0.3 is 15.6 Å². The standard InChI is InChI=1S/C21H20N4O2/c1-13(20-22-12-18(24-20)14-7-3-2-4-8-14)23-19(26)11-16-15-9-5-6-10-17(15)25-21(16)27/h2-10,12-13,16H,11H2,1H3,(H,22,24)(H,23,26)(H,25,27)/t13-,16-/m1/s1. The summed E-state index contributed by atoms with van der Waals surface area (Å²) in [4.78, 5) is 32.3. The molecule has 136 valence electrons. The Hall–Kier alpha value is -3.41. The van der Waals surface area contributed by atoms with Crippen molar-refractivity contribution in [2.24, 2.45) is 0 Å². The lowest BCUT2D eigenvalue weighted by molar-refractivity contribution is -0.125. The third-order valence-electron chi connectivity index (χ3n) is 4.77. The molecule has 0 fully saturated rings. The Morgan fingerprint density at radius 1 is 1.15 bits per heavy atom. The number of hydrogen-bond acceptors (Lipinski definition) is 3. The van der Waals surface area contributed by atoms with Gasteiger partial charge in [0.1, 0.15) is 5.82 Å². The van der Waals surface area contributed by atoms with Crippen LogP contribution in [0, 0.1) is 0 Å². The van der Waals surface area contributed by atoms with Crippen molar-refractivity contribution in [2.45, 2.75) is 25.3 Å². The number of amides is 2. The van der Waals surface area contributed by atoms with E-state index in [1.807, 2.05) is 61.5 Å². The van der Waals surface area contributed by atoms with Gasteiger partial charge in [0.2, 0.25) is 11.8 Å². The van der Waals surface area contributed by atoms with E-state index in [0.29, 0.717) is 5.82 Å². The van der Waals surface area contributed by atoms with Crippen LogP contribution in [0.15, 0.2) is 60.8 Å². The van der Waals surface area contributed by atoms with Gasteiger partial charge in [-0.3, -0.25) is 9.59 Å². The van der Waals surface area contributed by atoms with Gasteiger partial charge in [-0.2, -0.15) is 0 Å². The summed E-state index contributed by atoms with van der Waals surface area (Å²) in [6.45, 7) is 1.87. The van der Waals surface area contributed by atoms with Crippen LogP contribution in [0.2, 0.25) is 0 Å². The molecule has 2 amide bonds. The van der Waals surface area contributed by atoms with Gasteiger partial charge >= 0.3 is 0 Å². The highest BCUT2D eigenvalue weighted by Gasteiger charge is 2.32. The smallest absolute Gasteiger partial charge is 0.232 e. The zero-order chi connectivity index (χ0) is 18.8. The van der Waals surface area contributed by atoms with E-state index in [4.69, 9.17) is 0 Å². The summed E-state index contributed by atoms with van der Waals surface area (Å²) >= 11 is 0. The summed E-state index contributed by atoms with van der Waals surface area (Å²) in [5, 5.41) is 5.75. The maximum absolute atomic E-state index is 12.5. The Balaban J connectivity index is 1.42. The first kappa shape index (κ1) is 17.0. The lowest BCUT2D eigenvalue weighted by Crippen LogP contribution is -2.30. The summed E-state index contributed by atoms with van der Waals surface area (Å²) in [5.41, 5.74) is 3.59. The number of carbonyl (C=O) groups excluding carboxylic acids is 2. The van der Waals surface area contributed by atoms with Gasteiger partial charge in [-0.25, -0.2) is 4.98 Å². The molecular weight excluding hydrogens is 340 g/mol. The quantitative estimate of drug-likeness (QED) is 0.652. The van der Waals surface area contributed by atoms with Crippen molar-refractivity contribution in [2.75, 3.05) is 5.32 Å². The number of nitrogens with zero attached hydrogens (tertiary/aromatic N) is 1. The molecule has 3 aromatic rings. The molecule has 0 unspecified atom stereocenters. The number of aromatic amines is 1. The van der Waals surface area contributed by atoms with E-state index < -0.39 is 5.92 Å². The number of para-hydroxylation sites is 1. The number of fused-ring (bicyclic) bond motifs is 1. The third-order valence-corrected chi connectivity index (χ3v) is 4.77. The Morgan fingerprint density at radius 3 is 2.70 bits per heavy atom. The van der Waals surface area contributed by atoms with Crippen LogP contribution in [-0.2, 0) is 9.59 Å². The lowest BCUT2D eigenvalue weighted by Gasteiger charge is -2.14. The second-order valence-corrected chi connectivity index (χ2v) is 6.67. The van der Waals surface area contributed by atoms with E-state index >= 15 is 0 Å². The van der Waals surface area contributed by atoms with Gasteiger partial charge in [0.25, 0.3) is 0 Å². The molecule has 27 heavy (non-hydrogen) atoms. The van der Waals surface area contributed by atoms with Crippen molar-refractivity contribution in [3.63, 3.8) is 0 Å². The summed E-state index contributed by atoms with van der Waals surface area (Å²) in [6.07, 6.45) is 1.87. The average Bonchev–Trinajstić information content (AvgIpc) is 3.28. The Kier molecular flexibility index (Phi) is 4.46. The number of hydrogen-bond donors (Lipinski definition) is 3. The fourth-order valence-corrected chi connectivity index (χ4v) is 3.35. The Labute approximate surface area is 157 Å². The van der Waals surface area contributed by atoms with Crippen LogP contribution in [0.1, 0.15) is 36.7 Å². The molecule has 3 N–H and O–H groups in total. The molecule has 4 rings (SSSR count). The maximum atomic E-state index is 12.5. The number of benzene rings is 2. The fraction of sp³-hybridized carbons (Fsp3) is 0.190. The second-order valence-electron chi connectivity index (χ2n) is 6.67. The Bertz CT molecular complexity index is 981. The molecule has 0 bridgehead atoms. The van der Waals surface area contributed by atoms with E-state index in [0.717, 1.165) is 22.5 Å². The highest BCUT2D eigenvalue weighted by atomic mass is 16.2. The summed E-state index contributed by atoms with van der Waals surface area (Å²) in [7, 11) is 0. The molecule has 2 atom stereocenters. The van der Waals surface area contributed by atoms with Gasteiger partial charge in [-0.15, -0.1) is 0 Å². The van der Waals surface area contributed by atoms with E-state index in [1.165, 1.54) is 0 Å². The molecule has 1 aliphatic rings. The third kappa shape index (κ3) is 3.46. The molecule has 1 aromatic heterocycles. The van der Waals surface area contributed by atoms with Crippen LogP contribution in [0.5, 0.6) is 0 Å². The van der Waals surface area contributed by atoms with Crippen LogP contribution in [-0.4, -0.2) is 21.8 Å². The number of imidazole rings is 1. The lowest BCUT2D eigenvalue weighted by atomic mass is 9.97. The molecule has 6 heteroatoms. The molecule has 0 saturated carbocycles. The first-order valence-corrected chi connectivity index (χ1v) is 8.91. The molecular formula is C21H20N4O2. The van der Waals surface area contributed by atoms with E-state index in [9.17, 15) is 9.59 Å². The summed E-state index contributed by atoms with van der Waals surface area (Å²) in [6, 6.07) is 17.1. The maximum Gasteiger partial charge on any atom is 0.232 e. The summed E-state index contributed by atoms with van der Waals surface area (Å²) in [5.74, 6) is -0.0938. The first-order valence-electron chi connectivity index (χ1n) is 8.91. The highest BCUT2D eigenvalue weighted by molar-refractivity contribution is 6.04. The van der Waals surface area contributed by atoms with Crippen molar-refractivity contribution in [1.82, 2.24) is 15.3 Å². The number of anilines is 1. The zero-order valence-electron chi connectivity index (χ0n) is 14.9. The molecule has 6 nitrogen and oxygen atoms in total. The highest BCUT2D eigenvalue weighted by Crippen LogP contribution is 2.34. The fourth-order valence-electron chi connectivity index (χ4n) is 3.35. The predicted molar refractivity (Wildman–Crippen MR) is 103 cm³/mol. The molecule has 0 saturated heterocycles.